The lowest BCUT2D eigenvalue weighted by Gasteiger charge is -2.10. The van der Waals surface area contributed by atoms with Crippen LogP contribution in [0.3, 0.4) is 0 Å². The van der Waals surface area contributed by atoms with Crippen molar-refractivity contribution in [1.82, 2.24) is 9.97 Å². The molecule has 2 aromatic heterocycles. The maximum absolute atomic E-state index is 12.5. The van der Waals surface area contributed by atoms with Gasteiger partial charge in [0, 0.05) is 6.20 Å². The number of anilines is 1. The normalized spacial score (nSPS) is 11.2. The fourth-order valence-electron chi connectivity index (χ4n) is 1.63. The van der Waals surface area contributed by atoms with Gasteiger partial charge in [-0.15, -0.1) is 0 Å². The largest absolute Gasteiger partial charge is 0.504 e. The van der Waals surface area contributed by atoms with Gasteiger partial charge in [-0.3, -0.25) is 4.79 Å². The summed E-state index contributed by atoms with van der Waals surface area (Å²) in [4.78, 5) is 19.1. The summed E-state index contributed by atoms with van der Waals surface area (Å²) in [6, 6.07) is 4.54. The molecule has 0 radical (unpaired) electrons. The molecule has 5 nitrogen and oxygen atoms in total. The van der Waals surface area contributed by atoms with Crippen LogP contribution in [0.2, 0.25) is 0 Å². The molecule has 0 unspecified atom stereocenters. The second-order valence-corrected chi connectivity index (χ2v) is 4.15. The van der Waals surface area contributed by atoms with Crippen LogP contribution in [0.1, 0.15) is 21.7 Å². The summed E-state index contributed by atoms with van der Waals surface area (Å²) < 4.78 is 37.5. The van der Waals surface area contributed by atoms with Gasteiger partial charge >= 0.3 is 6.18 Å². The highest BCUT2D eigenvalue weighted by molar-refractivity contribution is 6.05. The van der Waals surface area contributed by atoms with Gasteiger partial charge in [0.1, 0.15) is 5.69 Å². The Labute approximate surface area is 117 Å². The van der Waals surface area contributed by atoms with Crippen LogP contribution in [0.5, 0.6) is 5.75 Å². The summed E-state index contributed by atoms with van der Waals surface area (Å²) in [6.07, 6.45) is -3.22. The minimum atomic E-state index is -4.57. The number of nitrogens with one attached hydrogen (secondary N) is 1. The molecule has 0 aliphatic heterocycles. The van der Waals surface area contributed by atoms with Gasteiger partial charge < -0.3 is 10.4 Å². The third kappa shape index (κ3) is 3.28. The Morgan fingerprint density at radius 3 is 2.57 bits per heavy atom. The maximum atomic E-state index is 12.5. The number of hydrogen-bond donors (Lipinski definition) is 2. The number of aryl methyl sites for hydroxylation is 1. The van der Waals surface area contributed by atoms with Crippen LogP contribution in [0.15, 0.2) is 30.5 Å². The number of carbonyl (C=O) groups excluding carboxylic acids is 1. The van der Waals surface area contributed by atoms with Crippen molar-refractivity contribution in [2.24, 2.45) is 0 Å². The molecular formula is C13H10F3N3O2. The topological polar surface area (TPSA) is 75.1 Å². The van der Waals surface area contributed by atoms with Crippen molar-refractivity contribution < 1.29 is 23.1 Å². The van der Waals surface area contributed by atoms with Gasteiger partial charge in [-0.1, -0.05) is 0 Å². The molecule has 8 heteroatoms. The van der Waals surface area contributed by atoms with Gasteiger partial charge in [0.25, 0.3) is 5.91 Å². The summed E-state index contributed by atoms with van der Waals surface area (Å²) >= 11 is 0. The molecule has 0 spiro atoms. The molecule has 0 bridgehead atoms. The van der Waals surface area contributed by atoms with Crippen molar-refractivity contribution in [1.29, 1.82) is 0 Å². The fraction of sp³-hybridized carbons (Fsp3) is 0.154. The highest BCUT2D eigenvalue weighted by Crippen LogP contribution is 2.28. The lowest BCUT2D eigenvalue weighted by molar-refractivity contribution is -0.141. The molecule has 2 heterocycles. The van der Waals surface area contributed by atoms with Gasteiger partial charge in [0.2, 0.25) is 0 Å². The van der Waals surface area contributed by atoms with E-state index in [0.29, 0.717) is 0 Å². The molecule has 0 saturated heterocycles. The number of hydrogen-bond acceptors (Lipinski definition) is 4. The first-order valence-electron chi connectivity index (χ1n) is 5.79. The van der Waals surface area contributed by atoms with Crippen molar-refractivity contribution in [3.8, 4) is 5.75 Å². The predicted octanol–water partition coefficient (Wildman–Crippen LogP) is 2.76. The minimum absolute atomic E-state index is 0.0342. The zero-order valence-electron chi connectivity index (χ0n) is 10.8. The van der Waals surface area contributed by atoms with Crippen LogP contribution < -0.4 is 5.32 Å². The molecule has 110 valence electrons. The lowest BCUT2D eigenvalue weighted by Crippen LogP contribution is -2.17. The third-order valence-corrected chi connectivity index (χ3v) is 2.64. The highest BCUT2D eigenvalue weighted by atomic mass is 19.4. The van der Waals surface area contributed by atoms with Crippen molar-refractivity contribution in [3.05, 3.63) is 47.4 Å². The van der Waals surface area contributed by atoms with Gasteiger partial charge in [0.05, 0.1) is 11.3 Å². The molecule has 0 aliphatic rings. The highest BCUT2D eigenvalue weighted by Gasteiger charge is 2.33. The van der Waals surface area contributed by atoms with E-state index in [1.165, 1.54) is 25.3 Å². The second-order valence-electron chi connectivity index (χ2n) is 4.15. The fourth-order valence-corrected chi connectivity index (χ4v) is 1.63. The summed E-state index contributed by atoms with van der Waals surface area (Å²) in [5.41, 5.74) is -1.18. The average Bonchev–Trinajstić information content (AvgIpc) is 2.40. The number of carbonyl (C=O) groups is 1. The van der Waals surface area contributed by atoms with Crippen LogP contribution in [0.4, 0.5) is 19.0 Å². The Morgan fingerprint density at radius 1 is 1.29 bits per heavy atom. The summed E-state index contributed by atoms with van der Waals surface area (Å²) in [6.45, 7) is 1.29. The molecule has 21 heavy (non-hydrogen) atoms. The first-order valence-corrected chi connectivity index (χ1v) is 5.79. The predicted molar refractivity (Wildman–Crippen MR) is 67.8 cm³/mol. The molecule has 0 fully saturated rings. The summed E-state index contributed by atoms with van der Waals surface area (Å²) in [7, 11) is 0. The van der Waals surface area contributed by atoms with Crippen molar-refractivity contribution in [3.63, 3.8) is 0 Å². The van der Waals surface area contributed by atoms with E-state index in [9.17, 15) is 23.1 Å². The van der Waals surface area contributed by atoms with Crippen LogP contribution in [0.25, 0.3) is 0 Å². The smallest absolute Gasteiger partial charge is 0.433 e. The quantitative estimate of drug-likeness (QED) is 0.893. The number of pyridine rings is 2. The Kier molecular flexibility index (Phi) is 3.79. The van der Waals surface area contributed by atoms with E-state index >= 15 is 0 Å². The van der Waals surface area contributed by atoms with E-state index in [1.807, 2.05) is 0 Å². The van der Waals surface area contributed by atoms with E-state index in [1.54, 1.807) is 0 Å². The number of halogens is 3. The Bertz CT molecular complexity index is 687. The van der Waals surface area contributed by atoms with Crippen LogP contribution in [-0.4, -0.2) is 21.0 Å². The van der Waals surface area contributed by atoms with Gasteiger partial charge in [-0.05, 0) is 31.2 Å². The Morgan fingerprint density at radius 2 is 2.00 bits per heavy atom. The zero-order valence-corrected chi connectivity index (χ0v) is 10.8. The molecule has 1 amide bonds. The van der Waals surface area contributed by atoms with Gasteiger partial charge in [-0.2, -0.15) is 13.2 Å². The number of nitrogens with zero attached hydrogens (tertiary/aromatic N) is 2. The number of amides is 1. The van der Waals surface area contributed by atoms with E-state index in [4.69, 9.17) is 0 Å². The van der Waals surface area contributed by atoms with Crippen LogP contribution in [0, 0.1) is 6.92 Å². The van der Waals surface area contributed by atoms with Gasteiger partial charge in [-0.25, -0.2) is 9.97 Å². The molecule has 0 aromatic carbocycles. The molecule has 0 saturated carbocycles. The number of aromatic hydroxyl groups is 1. The third-order valence-electron chi connectivity index (χ3n) is 2.64. The van der Waals surface area contributed by atoms with E-state index in [-0.39, 0.29) is 22.8 Å². The first kappa shape index (κ1) is 14.8. The van der Waals surface area contributed by atoms with E-state index in [0.717, 1.165) is 12.1 Å². The van der Waals surface area contributed by atoms with Crippen molar-refractivity contribution in [2.75, 3.05) is 5.32 Å². The molecule has 2 aromatic rings. The van der Waals surface area contributed by atoms with E-state index < -0.39 is 17.8 Å². The van der Waals surface area contributed by atoms with Crippen molar-refractivity contribution in [2.45, 2.75) is 13.1 Å². The summed E-state index contributed by atoms with van der Waals surface area (Å²) in [5, 5.41) is 11.8. The number of alkyl halides is 3. The molecule has 2 N–H and O–H groups in total. The second kappa shape index (κ2) is 5.39. The molecule has 0 atom stereocenters. The zero-order chi connectivity index (χ0) is 15.6. The molecule has 0 aliphatic carbocycles. The van der Waals surface area contributed by atoms with Crippen LogP contribution in [-0.2, 0) is 6.18 Å². The SMILES string of the molecule is Cc1nc(C(F)(F)F)ccc1C(=O)Nc1ncccc1O. The minimum Gasteiger partial charge on any atom is -0.504 e. The van der Waals surface area contributed by atoms with Crippen molar-refractivity contribution >= 4 is 11.7 Å². The maximum Gasteiger partial charge on any atom is 0.433 e. The Balaban J connectivity index is 2.26. The Hall–Kier alpha value is -2.64. The number of aromatic nitrogens is 2. The summed E-state index contributed by atoms with van der Waals surface area (Å²) in [5.74, 6) is -1.03. The van der Waals surface area contributed by atoms with Crippen LogP contribution >= 0.6 is 0 Å². The molecular weight excluding hydrogens is 287 g/mol. The van der Waals surface area contributed by atoms with Gasteiger partial charge in [0.15, 0.2) is 11.6 Å². The number of rotatable bonds is 2. The molecule has 2 rings (SSSR count). The first-order chi connectivity index (χ1) is 9.79. The monoisotopic (exact) mass is 297 g/mol. The van der Waals surface area contributed by atoms with E-state index in [2.05, 4.69) is 15.3 Å². The average molecular weight is 297 g/mol. The lowest BCUT2D eigenvalue weighted by atomic mass is 10.1. The standard InChI is InChI=1S/C13H10F3N3O2/c1-7-8(4-5-10(18-7)13(14,15)16)12(21)19-11-9(20)3-2-6-17-11/h2-6,20H,1H3,(H,17,19,21).